The molecule has 2 aliphatic heterocycles. The van der Waals surface area contributed by atoms with Crippen LogP contribution in [0.4, 0.5) is 0 Å². The monoisotopic (exact) mass is 282 g/mol. The molecule has 0 radical (unpaired) electrons. The molecule has 2 rings (SSSR count). The Balaban J connectivity index is 2.09. The van der Waals surface area contributed by atoms with Crippen LogP contribution in [0, 0.1) is 17.3 Å². The Labute approximate surface area is 120 Å². The van der Waals surface area contributed by atoms with Crippen molar-refractivity contribution in [2.75, 3.05) is 26.2 Å². The molecule has 5 nitrogen and oxygen atoms in total. The molecule has 3 atom stereocenters. The summed E-state index contributed by atoms with van der Waals surface area (Å²) in [7, 11) is 0. The zero-order valence-electron chi connectivity index (χ0n) is 12.5. The number of likely N-dealkylation sites (tertiary alicyclic amines) is 1. The molecule has 5 heteroatoms. The number of carbonyl (C=O) groups is 2. The highest BCUT2D eigenvalue weighted by Gasteiger charge is 2.44. The number of aliphatic carboxylic acids is 1. The van der Waals surface area contributed by atoms with Gasteiger partial charge in [-0.1, -0.05) is 20.3 Å². The van der Waals surface area contributed by atoms with E-state index < -0.39 is 11.4 Å². The van der Waals surface area contributed by atoms with Crippen LogP contribution in [-0.4, -0.2) is 48.1 Å². The molecule has 114 valence electrons. The summed E-state index contributed by atoms with van der Waals surface area (Å²) >= 11 is 0. The molecule has 0 spiro atoms. The summed E-state index contributed by atoms with van der Waals surface area (Å²) in [6.07, 6.45) is 2.99. The van der Waals surface area contributed by atoms with E-state index in [0.29, 0.717) is 31.8 Å². The van der Waals surface area contributed by atoms with Crippen molar-refractivity contribution in [3.8, 4) is 0 Å². The lowest BCUT2D eigenvalue weighted by Gasteiger charge is -2.41. The van der Waals surface area contributed by atoms with E-state index >= 15 is 0 Å². The van der Waals surface area contributed by atoms with Crippen molar-refractivity contribution in [1.29, 1.82) is 0 Å². The number of hydrogen-bond donors (Lipinski definition) is 2. The van der Waals surface area contributed by atoms with E-state index in [4.69, 9.17) is 0 Å². The highest BCUT2D eigenvalue weighted by molar-refractivity contribution is 5.82. The van der Waals surface area contributed by atoms with Crippen LogP contribution in [0.25, 0.3) is 0 Å². The molecule has 1 unspecified atom stereocenters. The normalized spacial score (nSPS) is 34.2. The lowest BCUT2D eigenvalue weighted by atomic mass is 9.76. The van der Waals surface area contributed by atoms with Crippen molar-refractivity contribution in [3.63, 3.8) is 0 Å². The van der Waals surface area contributed by atoms with Crippen molar-refractivity contribution in [1.82, 2.24) is 10.2 Å². The fourth-order valence-electron chi connectivity index (χ4n) is 3.66. The van der Waals surface area contributed by atoms with Crippen LogP contribution < -0.4 is 5.32 Å². The predicted octanol–water partition coefficient (Wildman–Crippen LogP) is 1.34. The van der Waals surface area contributed by atoms with Crippen LogP contribution in [0.5, 0.6) is 0 Å². The molecule has 2 saturated heterocycles. The molecule has 0 saturated carbocycles. The lowest BCUT2D eigenvalue weighted by molar-refractivity contribution is -0.156. The third-order valence-corrected chi connectivity index (χ3v) is 4.91. The first kappa shape index (κ1) is 15.3. The number of carbonyl (C=O) groups excluding carboxylic acids is 1. The SMILES string of the molecule is CCCC1(C(=O)O)CCCN(C(=O)[C@@H]2CNC[C@H]2C)C1. The molecule has 20 heavy (non-hydrogen) atoms. The van der Waals surface area contributed by atoms with Crippen LogP contribution in [0.1, 0.15) is 39.5 Å². The Kier molecular flexibility index (Phi) is 4.68. The average molecular weight is 282 g/mol. The van der Waals surface area contributed by atoms with Gasteiger partial charge in [0.15, 0.2) is 0 Å². The van der Waals surface area contributed by atoms with E-state index in [2.05, 4.69) is 12.2 Å². The van der Waals surface area contributed by atoms with Crippen LogP contribution in [0.15, 0.2) is 0 Å². The number of carboxylic acids is 1. The molecule has 2 N–H and O–H groups in total. The number of piperidine rings is 1. The average Bonchev–Trinajstić information content (AvgIpc) is 2.84. The first-order valence-corrected chi connectivity index (χ1v) is 7.73. The van der Waals surface area contributed by atoms with Gasteiger partial charge in [-0.3, -0.25) is 9.59 Å². The van der Waals surface area contributed by atoms with Gasteiger partial charge in [-0.2, -0.15) is 0 Å². The van der Waals surface area contributed by atoms with Crippen LogP contribution in [0.2, 0.25) is 0 Å². The predicted molar refractivity (Wildman–Crippen MR) is 76.3 cm³/mol. The minimum absolute atomic E-state index is 0.0150. The second-order valence-corrected chi connectivity index (χ2v) is 6.44. The summed E-state index contributed by atoms with van der Waals surface area (Å²) in [6, 6.07) is 0. The van der Waals surface area contributed by atoms with Crippen molar-refractivity contribution in [2.24, 2.45) is 17.3 Å². The molecule has 0 aromatic rings. The fourth-order valence-corrected chi connectivity index (χ4v) is 3.66. The smallest absolute Gasteiger partial charge is 0.311 e. The maximum atomic E-state index is 12.6. The van der Waals surface area contributed by atoms with Gasteiger partial charge in [0.1, 0.15) is 0 Å². The van der Waals surface area contributed by atoms with E-state index in [9.17, 15) is 14.7 Å². The van der Waals surface area contributed by atoms with E-state index in [1.165, 1.54) is 0 Å². The Morgan fingerprint density at radius 2 is 2.15 bits per heavy atom. The summed E-state index contributed by atoms with van der Waals surface area (Å²) in [6.45, 7) is 6.80. The minimum Gasteiger partial charge on any atom is -0.481 e. The highest BCUT2D eigenvalue weighted by Crippen LogP contribution is 2.36. The quantitative estimate of drug-likeness (QED) is 0.816. The molecule has 2 fully saturated rings. The van der Waals surface area contributed by atoms with Gasteiger partial charge in [-0.25, -0.2) is 0 Å². The van der Waals surface area contributed by atoms with E-state index in [-0.39, 0.29) is 11.8 Å². The van der Waals surface area contributed by atoms with Gasteiger partial charge in [0.25, 0.3) is 0 Å². The molecule has 0 aliphatic carbocycles. The molecular formula is C15H26N2O3. The molecular weight excluding hydrogens is 256 g/mol. The maximum absolute atomic E-state index is 12.6. The van der Waals surface area contributed by atoms with Crippen molar-refractivity contribution in [2.45, 2.75) is 39.5 Å². The summed E-state index contributed by atoms with van der Waals surface area (Å²) < 4.78 is 0. The molecule has 0 aromatic carbocycles. The number of nitrogens with zero attached hydrogens (tertiary/aromatic N) is 1. The number of amides is 1. The first-order valence-electron chi connectivity index (χ1n) is 7.73. The minimum atomic E-state index is -0.741. The summed E-state index contributed by atoms with van der Waals surface area (Å²) in [5, 5.41) is 12.8. The second-order valence-electron chi connectivity index (χ2n) is 6.44. The van der Waals surface area contributed by atoms with Gasteiger partial charge >= 0.3 is 5.97 Å². The van der Waals surface area contributed by atoms with Crippen LogP contribution in [0.3, 0.4) is 0 Å². The molecule has 2 aliphatic rings. The largest absolute Gasteiger partial charge is 0.481 e. The first-order chi connectivity index (χ1) is 9.50. The fraction of sp³-hybridized carbons (Fsp3) is 0.867. The van der Waals surface area contributed by atoms with Crippen LogP contribution >= 0.6 is 0 Å². The van der Waals surface area contributed by atoms with Crippen molar-refractivity contribution < 1.29 is 14.7 Å². The Morgan fingerprint density at radius 3 is 2.70 bits per heavy atom. The zero-order chi connectivity index (χ0) is 14.8. The Hall–Kier alpha value is -1.10. The van der Waals surface area contributed by atoms with Gasteiger partial charge in [0, 0.05) is 19.6 Å². The van der Waals surface area contributed by atoms with Crippen LogP contribution in [-0.2, 0) is 9.59 Å². The number of nitrogens with one attached hydrogen (secondary N) is 1. The van der Waals surface area contributed by atoms with E-state index in [1.54, 1.807) is 4.90 Å². The molecule has 1 amide bonds. The third kappa shape index (κ3) is 2.82. The summed E-state index contributed by atoms with van der Waals surface area (Å²) in [4.78, 5) is 26.1. The summed E-state index contributed by atoms with van der Waals surface area (Å²) in [5.41, 5.74) is -0.724. The molecule has 0 bridgehead atoms. The van der Waals surface area contributed by atoms with Gasteiger partial charge in [-0.15, -0.1) is 0 Å². The number of hydrogen-bond acceptors (Lipinski definition) is 3. The zero-order valence-corrected chi connectivity index (χ0v) is 12.5. The van der Waals surface area contributed by atoms with Gasteiger partial charge in [0.05, 0.1) is 11.3 Å². The van der Waals surface area contributed by atoms with Crippen molar-refractivity contribution >= 4 is 11.9 Å². The van der Waals surface area contributed by atoms with Gasteiger partial charge < -0.3 is 15.3 Å². The number of rotatable bonds is 4. The van der Waals surface area contributed by atoms with E-state index in [1.807, 2.05) is 6.92 Å². The van der Waals surface area contributed by atoms with Gasteiger partial charge in [0.2, 0.25) is 5.91 Å². The molecule has 2 heterocycles. The maximum Gasteiger partial charge on any atom is 0.311 e. The summed E-state index contributed by atoms with van der Waals surface area (Å²) in [5.74, 6) is -0.241. The third-order valence-electron chi connectivity index (χ3n) is 4.91. The van der Waals surface area contributed by atoms with Gasteiger partial charge in [-0.05, 0) is 31.7 Å². The van der Waals surface area contributed by atoms with E-state index in [0.717, 1.165) is 25.9 Å². The Bertz CT molecular complexity index is 381. The molecule has 0 aromatic heterocycles. The topological polar surface area (TPSA) is 69.6 Å². The van der Waals surface area contributed by atoms with Crippen molar-refractivity contribution in [3.05, 3.63) is 0 Å². The lowest BCUT2D eigenvalue weighted by Crippen LogP contribution is -2.52. The Morgan fingerprint density at radius 1 is 1.40 bits per heavy atom. The number of carboxylic acid groups (broad SMARTS) is 1. The highest BCUT2D eigenvalue weighted by atomic mass is 16.4. The second kappa shape index (κ2) is 6.12. The standard InChI is InChI=1S/C15H26N2O3/c1-3-5-15(14(19)20)6-4-7-17(10-15)13(18)12-9-16-8-11(12)2/h11-12,16H,3-10H2,1-2H3,(H,19,20)/t11-,12-,15?/m1/s1.